The molecule has 0 atom stereocenters. The van der Waals surface area contributed by atoms with Crippen molar-refractivity contribution in [3.05, 3.63) is 24.3 Å². The zero-order chi connectivity index (χ0) is 15.2. The lowest BCUT2D eigenvalue weighted by molar-refractivity contribution is -0.0493. The lowest BCUT2D eigenvalue weighted by Gasteiger charge is -2.19. The van der Waals surface area contributed by atoms with Crippen molar-refractivity contribution in [2.75, 3.05) is 24.9 Å². The van der Waals surface area contributed by atoms with Gasteiger partial charge in [-0.05, 0) is 25.1 Å². The van der Waals surface area contributed by atoms with Gasteiger partial charge in [0.1, 0.15) is 5.75 Å². The first-order chi connectivity index (χ1) is 9.36. The number of nitrogens with one attached hydrogen (secondary N) is 1. The van der Waals surface area contributed by atoms with Gasteiger partial charge in [-0.3, -0.25) is 4.72 Å². The van der Waals surface area contributed by atoms with Crippen LogP contribution in [0.2, 0.25) is 0 Å². The Balaban J connectivity index is 2.86. The number of anilines is 1. The molecule has 0 aliphatic heterocycles. The maximum absolute atomic E-state index is 12.2. The highest BCUT2D eigenvalue weighted by Gasteiger charge is 2.19. The van der Waals surface area contributed by atoms with Crippen molar-refractivity contribution >= 4 is 15.9 Å². The molecule has 0 bridgehead atoms. The first-order valence-corrected chi connectivity index (χ1v) is 7.29. The third-order valence-electron chi connectivity index (χ3n) is 2.43. The van der Waals surface area contributed by atoms with E-state index in [-0.39, 0.29) is 18.0 Å². The lowest BCUT2D eigenvalue weighted by atomic mass is 10.3. The molecular formula is C11H17F2N3O3S. The summed E-state index contributed by atoms with van der Waals surface area (Å²) in [6, 6.07) is 5.57. The van der Waals surface area contributed by atoms with Gasteiger partial charge in [0.25, 0.3) is 0 Å². The van der Waals surface area contributed by atoms with Gasteiger partial charge in [0.15, 0.2) is 0 Å². The van der Waals surface area contributed by atoms with Crippen LogP contribution in [0.4, 0.5) is 14.5 Å². The van der Waals surface area contributed by atoms with Crippen LogP contribution in [0, 0.1) is 0 Å². The molecule has 3 N–H and O–H groups in total. The smallest absolute Gasteiger partial charge is 0.387 e. The molecule has 1 aromatic carbocycles. The summed E-state index contributed by atoms with van der Waals surface area (Å²) in [5, 5.41) is 0. The second-order valence-corrected chi connectivity index (χ2v) is 5.72. The van der Waals surface area contributed by atoms with Crippen molar-refractivity contribution in [3.8, 4) is 5.75 Å². The van der Waals surface area contributed by atoms with Crippen molar-refractivity contribution in [2.45, 2.75) is 13.0 Å². The van der Waals surface area contributed by atoms with Gasteiger partial charge in [0.05, 0.1) is 5.69 Å². The van der Waals surface area contributed by atoms with E-state index in [2.05, 4.69) is 9.46 Å². The van der Waals surface area contributed by atoms with Gasteiger partial charge in [0.2, 0.25) is 0 Å². The zero-order valence-electron chi connectivity index (χ0n) is 10.9. The van der Waals surface area contributed by atoms with Crippen molar-refractivity contribution < 1.29 is 21.9 Å². The molecule has 0 saturated carbocycles. The van der Waals surface area contributed by atoms with E-state index < -0.39 is 16.8 Å². The first kappa shape index (κ1) is 16.6. The molecule has 114 valence electrons. The SMILES string of the molecule is CN(CCCN)S(=O)(=O)Nc1ccccc1OC(F)F. The number of hydrogen-bond acceptors (Lipinski definition) is 4. The molecule has 9 heteroatoms. The van der Waals surface area contributed by atoms with Crippen LogP contribution >= 0.6 is 0 Å². The maximum atomic E-state index is 12.2. The molecule has 0 aliphatic rings. The maximum Gasteiger partial charge on any atom is 0.387 e. The van der Waals surface area contributed by atoms with Gasteiger partial charge in [-0.25, -0.2) is 0 Å². The summed E-state index contributed by atoms with van der Waals surface area (Å²) in [7, 11) is -2.47. The molecule has 0 saturated heterocycles. The number of para-hydroxylation sites is 2. The number of ether oxygens (including phenoxy) is 1. The topological polar surface area (TPSA) is 84.7 Å². The van der Waals surface area contributed by atoms with Crippen LogP contribution < -0.4 is 15.2 Å². The molecule has 0 aromatic heterocycles. The Bertz CT molecular complexity index is 525. The van der Waals surface area contributed by atoms with E-state index in [0.29, 0.717) is 13.0 Å². The summed E-state index contributed by atoms with van der Waals surface area (Å²) in [6.07, 6.45) is 0.493. The summed E-state index contributed by atoms with van der Waals surface area (Å²) in [4.78, 5) is 0. The van der Waals surface area contributed by atoms with Crippen molar-refractivity contribution in [1.29, 1.82) is 0 Å². The van der Waals surface area contributed by atoms with Crippen LogP contribution in [-0.4, -0.2) is 39.5 Å². The highest BCUT2D eigenvalue weighted by molar-refractivity contribution is 7.90. The average Bonchev–Trinajstić information content (AvgIpc) is 2.37. The van der Waals surface area contributed by atoms with Crippen LogP contribution in [0.15, 0.2) is 24.3 Å². The van der Waals surface area contributed by atoms with Crippen molar-refractivity contribution in [1.82, 2.24) is 4.31 Å². The highest BCUT2D eigenvalue weighted by Crippen LogP contribution is 2.26. The fourth-order valence-electron chi connectivity index (χ4n) is 1.40. The first-order valence-electron chi connectivity index (χ1n) is 5.85. The minimum Gasteiger partial charge on any atom is -0.433 e. The largest absolute Gasteiger partial charge is 0.433 e. The Hall–Kier alpha value is -1.45. The van der Waals surface area contributed by atoms with Gasteiger partial charge in [-0.15, -0.1) is 0 Å². The number of halogens is 2. The number of hydrogen-bond donors (Lipinski definition) is 2. The van der Waals surface area contributed by atoms with E-state index in [1.165, 1.54) is 31.3 Å². The molecule has 0 spiro atoms. The van der Waals surface area contributed by atoms with E-state index >= 15 is 0 Å². The standard InChI is InChI=1S/C11H17F2N3O3S/c1-16(8-4-7-14)20(17,18)15-9-5-2-3-6-10(9)19-11(12)13/h2-3,5-6,11,15H,4,7-8,14H2,1H3. The molecule has 0 heterocycles. The average molecular weight is 309 g/mol. The third-order valence-corrected chi connectivity index (χ3v) is 3.91. The molecule has 1 rings (SSSR count). The molecule has 20 heavy (non-hydrogen) atoms. The van der Waals surface area contributed by atoms with Gasteiger partial charge in [-0.1, -0.05) is 12.1 Å². The van der Waals surface area contributed by atoms with E-state index in [1.54, 1.807) is 0 Å². The Morgan fingerprint density at radius 1 is 1.40 bits per heavy atom. The fraction of sp³-hybridized carbons (Fsp3) is 0.455. The third kappa shape index (κ3) is 4.91. The Morgan fingerprint density at radius 2 is 2.05 bits per heavy atom. The molecule has 0 unspecified atom stereocenters. The summed E-state index contributed by atoms with van der Waals surface area (Å²) >= 11 is 0. The van der Waals surface area contributed by atoms with E-state index in [0.717, 1.165) is 4.31 Å². The predicted octanol–water partition coefficient (Wildman–Crippen LogP) is 1.23. The second-order valence-electron chi connectivity index (χ2n) is 3.95. The lowest BCUT2D eigenvalue weighted by Crippen LogP contribution is -2.34. The van der Waals surface area contributed by atoms with Crippen LogP contribution in [0.3, 0.4) is 0 Å². The predicted molar refractivity (Wildman–Crippen MR) is 71.9 cm³/mol. The summed E-state index contributed by atoms with van der Waals surface area (Å²) in [6.45, 7) is -2.45. The molecule has 0 amide bonds. The normalized spacial score (nSPS) is 11.9. The van der Waals surface area contributed by atoms with Gasteiger partial charge in [0, 0.05) is 13.6 Å². The molecule has 0 aliphatic carbocycles. The van der Waals surface area contributed by atoms with Gasteiger partial charge < -0.3 is 10.5 Å². The fourth-order valence-corrected chi connectivity index (χ4v) is 2.37. The monoisotopic (exact) mass is 309 g/mol. The van der Waals surface area contributed by atoms with Crippen LogP contribution in [0.5, 0.6) is 5.75 Å². The molecule has 0 fully saturated rings. The summed E-state index contributed by atoms with van der Waals surface area (Å²) < 4.78 is 55.9. The van der Waals surface area contributed by atoms with Crippen LogP contribution in [0.1, 0.15) is 6.42 Å². The second kappa shape index (κ2) is 7.36. The molecular weight excluding hydrogens is 292 g/mol. The van der Waals surface area contributed by atoms with Crippen molar-refractivity contribution in [2.24, 2.45) is 5.73 Å². The minimum atomic E-state index is -3.84. The number of rotatable bonds is 8. The van der Waals surface area contributed by atoms with Crippen LogP contribution in [-0.2, 0) is 10.2 Å². The minimum absolute atomic E-state index is 0.0487. The Kier molecular flexibility index (Phi) is 6.11. The highest BCUT2D eigenvalue weighted by atomic mass is 32.2. The molecule has 1 aromatic rings. The number of nitrogens with zero attached hydrogens (tertiary/aromatic N) is 1. The van der Waals surface area contributed by atoms with Crippen molar-refractivity contribution in [3.63, 3.8) is 0 Å². The number of benzene rings is 1. The number of nitrogens with two attached hydrogens (primary N) is 1. The van der Waals surface area contributed by atoms with Crippen LogP contribution in [0.25, 0.3) is 0 Å². The summed E-state index contributed by atoms with van der Waals surface area (Å²) in [5.41, 5.74) is 5.26. The van der Waals surface area contributed by atoms with Gasteiger partial charge >= 0.3 is 16.8 Å². The zero-order valence-corrected chi connectivity index (χ0v) is 11.7. The Morgan fingerprint density at radius 3 is 2.65 bits per heavy atom. The van der Waals surface area contributed by atoms with E-state index in [9.17, 15) is 17.2 Å². The number of alkyl halides is 2. The summed E-state index contributed by atoms with van der Waals surface area (Å²) in [5.74, 6) is -0.238. The molecule has 6 nitrogen and oxygen atoms in total. The Labute approximate surface area is 116 Å². The quantitative estimate of drug-likeness (QED) is 0.756. The van der Waals surface area contributed by atoms with E-state index in [1.807, 2.05) is 0 Å². The van der Waals surface area contributed by atoms with E-state index in [4.69, 9.17) is 5.73 Å². The molecule has 0 radical (unpaired) electrons. The van der Waals surface area contributed by atoms with Gasteiger partial charge in [-0.2, -0.15) is 21.5 Å².